The number of aromatic nitrogens is 1. The Balaban J connectivity index is 1.26. The van der Waals surface area contributed by atoms with E-state index in [0.717, 1.165) is 77.8 Å². The lowest BCUT2D eigenvalue weighted by Crippen LogP contribution is -2.01. The van der Waals surface area contributed by atoms with Crippen molar-refractivity contribution in [1.29, 1.82) is 0 Å². The van der Waals surface area contributed by atoms with E-state index >= 15 is 0 Å². The van der Waals surface area contributed by atoms with E-state index < -0.39 is 0 Å². The maximum Gasteiger partial charge on any atom is 0.147 e. The quantitative estimate of drug-likeness (QED) is 0.159. The molecular formula is C44H31N3O. The van der Waals surface area contributed by atoms with Crippen LogP contribution in [0.15, 0.2) is 178 Å². The van der Waals surface area contributed by atoms with Crippen LogP contribution in [0.4, 0.5) is 0 Å². The van der Waals surface area contributed by atoms with Crippen LogP contribution in [0.2, 0.25) is 0 Å². The first kappa shape index (κ1) is 29.0. The molecule has 2 heterocycles. The fourth-order valence-corrected chi connectivity index (χ4v) is 6.24. The summed E-state index contributed by atoms with van der Waals surface area (Å²) in [4.78, 5) is 14.8. The molecule has 0 radical (unpaired) electrons. The highest BCUT2D eigenvalue weighted by molar-refractivity contribution is 6.19. The zero-order valence-electron chi connectivity index (χ0n) is 26.3. The summed E-state index contributed by atoms with van der Waals surface area (Å²) in [5.41, 5.74) is 11.4. The van der Waals surface area contributed by atoms with Gasteiger partial charge in [0.05, 0.1) is 34.6 Å². The van der Waals surface area contributed by atoms with Gasteiger partial charge in [-0.05, 0) is 53.7 Å². The van der Waals surface area contributed by atoms with Gasteiger partial charge >= 0.3 is 0 Å². The van der Waals surface area contributed by atoms with Crippen molar-refractivity contribution in [3.8, 4) is 22.4 Å². The van der Waals surface area contributed by atoms with Crippen molar-refractivity contribution < 1.29 is 4.42 Å². The number of fused-ring (bicyclic) bond motifs is 5. The molecule has 4 nitrogen and oxygen atoms in total. The molecule has 0 atom stereocenters. The fourth-order valence-electron chi connectivity index (χ4n) is 6.24. The smallest absolute Gasteiger partial charge is 0.147 e. The summed E-state index contributed by atoms with van der Waals surface area (Å²) in [5, 5.41) is 3.05. The molecular weight excluding hydrogens is 587 g/mol. The Morgan fingerprint density at radius 1 is 0.625 bits per heavy atom. The standard InChI is InChI=1S/C44H31N3O/c1-45-39(33-25-23-32(24-26-33)31-15-6-3-7-16-31)28-40(46-29-30-13-4-2-5-14-30)34-17-12-18-35(27-34)43-42-37-20-9-11-22-41(37)48-44(42)36-19-8-10-21-38(36)47-43/h2-28H,1,29H2/b39-28-,46-40+. The predicted molar refractivity (Wildman–Crippen MR) is 201 cm³/mol. The molecule has 0 saturated heterocycles. The van der Waals surface area contributed by atoms with Gasteiger partial charge in [-0.1, -0.05) is 133 Å². The second-order valence-corrected chi connectivity index (χ2v) is 11.7. The van der Waals surface area contributed by atoms with Gasteiger partial charge in [-0.3, -0.25) is 9.98 Å². The number of benzene rings is 6. The van der Waals surface area contributed by atoms with Crippen molar-refractivity contribution >= 4 is 51.0 Å². The van der Waals surface area contributed by atoms with E-state index in [2.05, 4.69) is 109 Å². The molecule has 2 aromatic heterocycles. The molecule has 8 rings (SSSR count). The molecule has 0 unspecified atom stereocenters. The topological polar surface area (TPSA) is 50.8 Å². The highest BCUT2D eigenvalue weighted by Gasteiger charge is 2.18. The molecule has 0 aliphatic rings. The van der Waals surface area contributed by atoms with Gasteiger partial charge in [0, 0.05) is 27.5 Å². The number of hydrogen-bond acceptors (Lipinski definition) is 4. The van der Waals surface area contributed by atoms with Gasteiger partial charge in [-0.2, -0.15) is 0 Å². The second kappa shape index (κ2) is 12.8. The number of hydrogen-bond donors (Lipinski definition) is 0. The third-order valence-corrected chi connectivity index (χ3v) is 8.65. The first-order valence-electron chi connectivity index (χ1n) is 16.0. The predicted octanol–water partition coefficient (Wildman–Crippen LogP) is 11.2. The van der Waals surface area contributed by atoms with Crippen molar-refractivity contribution in [2.24, 2.45) is 9.98 Å². The van der Waals surface area contributed by atoms with E-state index in [9.17, 15) is 0 Å². The van der Waals surface area contributed by atoms with Crippen molar-refractivity contribution in [2.75, 3.05) is 0 Å². The first-order valence-corrected chi connectivity index (χ1v) is 16.0. The average molecular weight is 618 g/mol. The molecule has 0 saturated carbocycles. The lowest BCUT2D eigenvalue weighted by atomic mass is 9.98. The summed E-state index contributed by atoms with van der Waals surface area (Å²) in [6, 6.07) is 53.8. The van der Waals surface area contributed by atoms with Crippen LogP contribution in [0.25, 0.3) is 60.9 Å². The van der Waals surface area contributed by atoms with Crippen LogP contribution in [0.3, 0.4) is 0 Å². The number of allylic oxidation sites excluding steroid dienone is 1. The third kappa shape index (κ3) is 5.61. The molecule has 0 aliphatic heterocycles. The molecule has 0 bridgehead atoms. The van der Waals surface area contributed by atoms with Crippen LogP contribution in [-0.4, -0.2) is 17.4 Å². The van der Waals surface area contributed by atoms with E-state index in [1.54, 1.807) is 0 Å². The number of rotatable bonds is 8. The van der Waals surface area contributed by atoms with E-state index in [0.29, 0.717) is 6.54 Å². The van der Waals surface area contributed by atoms with E-state index in [-0.39, 0.29) is 0 Å². The molecule has 0 aliphatic carbocycles. The number of nitrogens with zero attached hydrogens (tertiary/aromatic N) is 3. The summed E-state index contributed by atoms with van der Waals surface area (Å²) >= 11 is 0. The van der Waals surface area contributed by atoms with Crippen molar-refractivity contribution in [3.05, 3.63) is 180 Å². The van der Waals surface area contributed by atoms with Gasteiger partial charge in [0.1, 0.15) is 11.2 Å². The summed E-state index contributed by atoms with van der Waals surface area (Å²) in [5.74, 6) is 0. The van der Waals surface area contributed by atoms with Crippen molar-refractivity contribution in [1.82, 2.24) is 4.98 Å². The van der Waals surface area contributed by atoms with Gasteiger partial charge in [0.15, 0.2) is 0 Å². The largest absolute Gasteiger partial charge is 0.455 e. The highest BCUT2D eigenvalue weighted by atomic mass is 16.3. The molecule has 0 N–H and O–H groups in total. The number of pyridine rings is 1. The Morgan fingerprint density at radius 2 is 1.29 bits per heavy atom. The van der Waals surface area contributed by atoms with Crippen LogP contribution < -0.4 is 0 Å². The van der Waals surface area contributed by atoms with Crippen LogP contribution in [-0.2, 0) is 6.54 Å². The molecule has 0 fully saturated rings. The summed E-state index contributed by atoms with van der Waals surface area (Å²) in [6.07, 6.45) is 2.03. The first-order chi connectivity index (χ1) is 23.7. The Bertz CT molecular complexity index is 2470. The molecule has 8 aromatic rings. The Labute approximate surface area is 279 Å². The highest BCUT2D eigenvalue weighted by Crippen LogP contribution is 2.39. The number of aliphatic imine (C=N–C) groups is 2. The monoisotopic (exact) mass is 617 g/mol. The van der Waals surface area contributed by atoms with Gasteiger partial charge in [-0.15, -0.1) is 0 Å². The molecule has 4 heteroatoms. The maximum absolute atomic E-state index is 6.45. The van der Waals surface area contributed by atoms with Crippen molar-refractivity contribution in [3.63, 3.8) is 0 Å². The fraction of sp³-hybridized carbons (Fsp3) is 0.0227. The molecule has 0 spiro atoms. The van der Waals surface area contributed by atoms with Gasteiger partial charge < -0.3 is 4.42 Å². The average Bonchev–Trinajstić information content (AvgIpc) is 3.56. The lowest BCUT2D eigenvalue weighted by molar-refractivity contribution is 0.672. The Kier molecular flexibility index (Phi) is 7.73. The van der Waals surface area contributed by atoms with Crippen LogP contribution in [0.1, 0.15) is 16.7 Å². The van der Waals surface area contributed by atoms with Gasteiger partial charge in [-0.25, -0.2) is 4.98 Å². The summed E-state index contributed by atoms with van der Waals surface area (Å²) in [6.45, 7) is 4.47. The normalized spacial score (nSPS) is 12.2. The number of para-hydroxylation sites is 2. The molecule has 48 heavy (non-hydrogen) atoms. The molecule has 228 valence electrons. The molecule has 0 amide bonds. The van der Waals surface area contributed by atoms with Gasteiger partial charge in [0.25, 0.3) is 0 Å². The SMILES string of the molecule is C=N/C(=C\C(=N/Cc1ccccc1)c1cccc(-c2nc3ccccc3c3oc4ccccc4c23)c1)c1ccc(-c2ccccc2)cc1. The van der Waals surface area contributed by atoms with Crippen LogP contribution in [0.5, 0.6) is 0 Å². The summed E-state index contributed by atoms with van der Waals surface area (Å²) in [7, 11) is 0. The molecule has 6 aromatic carbocycles. The van der Waals surface area contributed by atoms with E-state index in [4.69, 9.17) is 14.4 Å². The maximum atomic E-state index is 6.45. The minimum absolute atomic E-state index is 0.527. The lowest BCUT2D eigenvalue weighted by Gasteiger charge is -2.11. The van der Waals surface area contributed by atoms with Gasteiger partial charge in [0.2, 0.25) is 0 Å². The minimum Gasteiger partial charge on any atom is -0.455 e. The Hall–Kier alpha value is -6.39. The summed E-state index contributed by atoms with van der Waals surface area (Å²) < 4.78 is 6.45. The van der Waals surface area contributed by atoms with Crippen molar-refractivity contribution in [2.45, 2.75) is 6.54 Å². The number of furan rings is 1. The zero-order valence-corrected chi connectivity index (χ0v) is 26.3. The van der Waals surface area contributed by atoms with Crippen LogP contribution >= 0.6 is 0 Å². The van der Waals surface area contributed by atoms with E-state index in [1.165, 1.54) is 5.56 Å². The van der Waals surface area contributed by atoms with Crippen LogP contribution in [0, 0.1) is 0 Å². The minimum atomic E-state index is 0.527. The third-order valence-electron chi connectivity index (χ3n) is 8.65. The Morgan fingerprint density at radius 3 is 2.08 bits per heavy atom. The second-order valence-electron chi connectivity index (χ2n) is 11.7. The van der Waals surface area contributed by atoms with E-state index in [1.807, 2.05) is 66.7 Å². The zero-order chi connectivity index (χ0) is 32.3.